The molecule has 0 saturated carbocycles. The number of aliphatic imine (C=N–C) groups is 1. The van der Waals surface area contributed by atoms with Gasteiger partial charge in [0, 0.05) is 37.5 Å². The topological polar surface area (TPSA) is 80.3 Å². The van der Waals surface area contributed by atoms with Crippen LogP contribution in [-0.2, 0) is 33.0 Å². The fraction of sp³-hybridized carbons (Fsp3) is 0.409. The first-order chi connectivity index (χ1) is 14.0. The van der Waals surface area contributed by atoms with Crippen molar-refractivity contribution in [2.24, 2.45) is 12.0 Å². The highest BCUT2D eigenvalue weighted by atomic mass is 127. The van der Waals surface area contributed by atoms with Crippen molar-refractivity contribution in [1.29, 1.82) is 0 Å². The Hall–Kier alpha value is -2.36. The van der Waals surface area contributed by atoms with Crippen LogP contribution in [-0.4, -0.2) is 27.8 Å². The van der Waals surface area contributed by atoms with Gasteiger partial charge in [0.15, 0.2) is 5.96 Å². The number of oxazole rings is 1. The highest BCUT2D eigenvalue weighted by molar-refractivity contribution is 14.0. The van der Waals surface area contributed by atoms with Crippen molar-refractivity contribution in [1.82, 2.24) is 25.4 Å². The normalized spacial score (nSPS) is 11.3. The Balaban J connectivity index is 0.00000320. The van der Waals surface area contributed by atoms with E-state index < -0.39 is 0 Å². The van der Waals surface area contributed by atoms with Gasteiger partial charge in [-0.2, -0.15) is 5.10 Å². The average molecular weight is 522 g/mol. The van der Waals surface area contributed by atoms with Crippen LogP contribution in [0, 0.1) is 6.92 Å². The van der Waals surface area contributed by atoms with Crippen molar-refractivity contribution in [3.63, 3.8) is 0 Å². The van der Waals surface area contributed by atoms with Crippen LogP contribution in [0.1, 0.15) is 42.1 Å². The average Bonchev–Trinajstić information content (AvgIpc) is 3.32. The van der Waals surface area contributed by atoms with Crippen molar-refractivity contribution < 1.29 is 4.42 Å². The van der Waals surface area contributed by atoms with Gasteiger partial charge in [-0.1, -0.05) is 31.5 Å². The first-order valence-electron chi connectivity index (χ1n) is 10.0. The molecule has 2 aromatic heterocycles. The van der Waals surface area contributed by atoms with E-state index in [1.165, 1.54) is 16.8 Å². The molecule has 1 aromatic carbocycles. The molecule has 0 amide bonds. The van der Waals surface area contributed by atoms with E-state index >= 15 is 0 Å². The summed E-state index contributed by atoms with van der Waals surface area (Å²) in [6.45, 7) is 7.57. The van der Waals surface area contributed by atoms with E-state index in [2.05, 4.69) is 58.6 Å². The van der Waals surface area contributed by atoms with E-state index in [9.17, 15) is 0 Å². The minimum Gasteiger partial charge on any atom is -0.444 e. The second kappa shape index (κ2) is 11.1. The van der Waals surface area contributed by atoms with Crippen molar-refractivity contribution in [2.45, 2.75) is 46.7 Å². The van der Waals surface area contributed by atoms with E-state index in [1.54, 1.807) is 13.3 Å². The fourth-order valence-electron chi connectivity index (χ4n) is 3.38. The second-order valence-electron chi connectivity index (χ2n) is 6.99. The molecule has 0 unspecified atom stereocenters. The smallest absolute Gasteiger partial charge is 0.226 e. The fourth-order valence-corrected chi connectivity index (χ4v) is 3.38. The van der Waals surface area contributed by atoms with Crippen LogP contribution in [0.2, 0.25) is 0 Å². The van der Waals surface area contributed by atoms with Gasteiger partial charge >= 0.3 is 0 Å². The summed E-state index contributed by atoms with van der Waals surface area (Å²) in [5.74, 6) is 1.35. The summed E-state index contributed by atoms with van der Waals surface area (Å²) in [7, 11) is 3.77. The molecule has 7 nitrogen and oxygen atoms in total. The molecular weight excluding hydrogens is 491 g/mol. The predicted octanol–water partition coefficient (Wildman–Crippen LogP) is 3.99. The second-order valence-corrected chi connectivity index (χ2v) is 6.99. The predicted molar refractivity (Wildman–Crippen MR) is 131 cm³/mol. The molecule has 0 atom stereocenters. The number of hydrogen-bond donors (Lipinski definition) is 2. The molecule has 0 saturated heterocycles. The molecule has 0 fully saturated rings. The van der Waals surface area contributed by atoms with Gasteiger partial charge < -0.3 is 15.1 Å². The highest BCUT2D eigenvalue weighted by Crippen LogP contribution is 2.19. The van der Waals surface area contributed by atoms with Crippen LogP contribution in [0.4, 0.5) is 0 Å². The van der Waals surface area contributed by atoms with Crippen LogP contribution in [0.25, 0.3) is 11.5 Å². The molecule has 0 aliphatic rings. The third-order valence-corrected chi connectivity index (χ3v) is 4.97. The number of guanidine groups is 1. The number of aromatic nitrogens is 3. The zero-order valence-electron chi connectivity index (χ0n) is 18.3. The van der Waals surface area contributed by atoms with Crippen molar-refractivity contribution in [3.8, 4) is 11.5 Å². The van der Waals surface area contributed by atoms with Crippen LogP contribution < -0.4 is 10.6 Å². The SMILES string of the molecule is CCc1nn(C)c(CC)c1CNC(=NC)NCc1coc(-c2ccc(C)cc2)n1.I. The Morgan fingerprint density at radius 2 is 1.80 bits per heavy atom. The number of benzene rings is 1. The standard InChI is InChI=1S/C22H30N6O.HI/c1-6-19-18(20(7-2)28(5)27-19)13-25-22(23-4)24-12-17-14-29-21(26-17)16-10-8-15(3)9-11-16;/h8-11,14H,6-7,12-13H2,1-5H3,(H2,23,24,25);1H. The van der Waals surface area contributed by atoms with Crippen molar-refractivity contribution >= 4 is 29.9 Å². The molecule has 0 aliphatic carbocycles. The van der Waals surface area contributed by atoms with Gasteiger partial charge in [0.05, 0.1) is 17.9 Å². The maximum atomic E-state index is 5.63. The minimum atomic E-state index is 0. The molecule has 3 aromatic rings. The quantitative estimate of drug-likeness (QED) is 0.279. The van der Waals surface area contributed by atoms with E-state index in [4.69, 9.17) is 4.42 Å². The molecule has 2 heterocycles. The lowest BCUT2D eigenvalue weighted by Crippen LogP contribution is -2.36. The monoisotopic (exact) mass is 522 g/mol. The lowest BCUT2D eigenvalue weighted by Gasteiger charge is -2.12. The van der Waals surface area contributed by atoms with Crippen LogP contribution in [0.5, 0.6) is 0 Å². The van der Waals surface area contributed by atoms with Gasteiger partial charge in [-0.3, -0.25) is 9.67 Å². The Morgan fingerprint density at radius 1 is 1.10 bits per heavy atom. The minimum absolute atomic E-state index is 0. The summed E-state index contributed by atoms with van der Waals surface area (Å²) in [5.41, 5.74) is 6.65. The Morgan fingerprint density at radius 3 is 2.43 bits per heavy atom. The summed E-state index contributed by atoms with van der Waals surface area (Å²) >= 11 is 0. The Kier molecular flexibility index (Phi) is 8.88. The van der Waals surface area contributed by atoms with Crippen LogP contribution >= 0.6 is 24.0 Å². The molecule has 0 spiro atoms. The van der Waals surface area contributed by atoms with Gasteiger partial charge in [0.1, 0.15) is 6.26 Å². The van der Waals surface area contributed by atoms with Crippen LogP contribution in [0.15, 0.2) is 39.9 Å². The maximum absolute atomic E-state index is 5.63. The Labute approximate surface area is 195 Å². The number of nitrogens with one attached hydrogen (secondary N) is 2. The summed E-state index contributed by atoms with van der Waals surface area (Å²) in [6, 6.07) is 8.14. The molecule has 0 bridgehead atoms. The molecule has 2 N–H and O–H groups in total. The molecule has 162 valence electrons. The molecule has 0 radical (unpaired) electrons. The first-order valence-corrected chi connectivity index (χ1v) is 10.0. The van der Waals surface area contributed by atoms with Gasteiger partial charge in [0.25, 0.3) is 0 Å². The summed E-state index contributed by atoms with van der Waals surface area (Å²) in [6.07, 6.45) is 3.55. The molecular formula is C22H31IN6O. The zero-order valence-corrected chi connectivity index (χ0v) is 20.7. The number of hydrogen-bond acceptors (Lipinski definition) is 4. The summed E-state index contributed by atoms with van der Waals surface area (Å²) in [4.78, 5) is 8.89. The number of halogens is 1. The largest absolute Gasteiger partial charge is 0.444 e. The molecule has 8 heteroatoms. The summed E-state index contributed by atoms with van der Waals surface area (Å²) in [5, 5.41) is 11.3. The van der Waals surface area contributed by atoms with Gasteiger partial charge in [0.2, 0.25) is 5.89 Å². The number of nitrogens with zero attached hydrogens (tertiary/aromatic N) is 4. The van der Waals surface area contributed by atoms with Gasteiger partial charge in [-0.15, -0.1) is 24.0 Å². The number of aryl methyl sites for hydroxylation is 3. The lowest BCUT2D eigenvalue weighted by molar-refractivity contribution is 0.572. The number of rotatable bonds is 7. The zero-order chi connectivity index (χ0) is 20.8. The van der Waals surface area contributed by atoms with Crippen LogP contribution in [0.3, 0.4) is 0 Å². The maximum Gasteiger partial charge on any atom is 0.226 e. The van der Waals surface area contributed by atoms with Crippen molar-refractivity contribution in [2.75, 3.05) is 7.05 Å². The molecule has 0 aliphatic heterocycles. The van der Waals surface area contributed by atoms with Gasteiger partial charge in [-0.25, -0.2) is 4.98 Å². The summed E-state index contributed by atoms with van der Waals surface area (Å²) < 4.78 is 7.61. The lowest BCUT2D eigenvalue weighted by atomic mass is 10.1. The molecule has 30 heavy (non-hydrogen) atoms. The van der Waals surface area contributed by atoms with E-state index in [0.29, 0.717) is 19.0 Å². The first kappa shape index (κ1) is 23.9. The van der Waals surface area contributed by atoms with Gasteiger partial charge in [-0.05, 0) is 31.9 Å². The third-order valence-electron chi connectivity index (χ3n) is 4.97. The highest BCUT2D eigenvalue weighted by Gasteiger charge is 2.14. The molecule has 3 rings (SSSR count). The van der Waals surface area contributed by atoms with E-state index in [1.807, 2.05) is 23.9 Å². The van der Waals surface area contributed by atoms with E-state index in [0.717, 1.165) is 35.8 Å². The van der Waals surface area contributed by atoms with E-state index in [-0.39, 0.29) is 24.0 Å². The third kappa shape index (κ3) is 5.62. The Bertz CT molecular complexity index is 974. The van der Waals surface area contributed by atoms with Crippen molar-refractivity contribution in [3.05, 3.63) is 58.7 Å².